The molecule has 3 heterocycles. The van der Waals surface area contributed by atoms with Crippen LogP contribution in [0.5, 0.6) is 0 Å². The van der Waals surface area contributed by atoms with Crippen LogP contribution in [0.3, 0.4) is 0 Å². The van der Waals surface area contributed by atoms with E-state index in [4.69, 9.17) is 14.9 Å². The molecule has 9 heteroatoms. The summed E-state index contributed by atoms with van der Waals surface area (Å²) in [6.45, 7) is 5.63. The van der Waals surface area contributed by atoms with Gasteiger partial charge in [0.1, 0.15) is 0 Å². The number of fused-ring (bicyclic) bond motifs is 1. The molecule has 0 aromatic carbocycles. The molecular weight excluding hydrogens is 378 g/mol. The van der Waals surface area contributed by atoms with Gasteiger partial charge < -0.3 is 19.8 Å². The number of hydrogen-bond donors (Lipinski definition) is 2. The second-order valence-corrected chi connectivity index (χ2v) is 7.01. The van der Waals surface area contributed by atoms with Gasteiger partial charge in [-0.15, -0.1) is 0 Å². The number of amides is 1. The van der Waals surface area contributed by atoms with Crippen LogP contribution in [0.15, 0.2) is 30.5 Å². The van der Waals surface area contributed by atoms with Crippen LogP contribution in [-0.2, 0) is 20.7 Å². The lowest BCUT2D eigenvalue weighted by molar-refractivity contribution is -0.134. The maximum Gasteiger partial charge on any atom is 0.328 e. The Morgan fingerprint density at radius 1 is 1.24 bits per heavy atom. The van der Waals surface area contributed by atoms with Crippen molar-refractivity contribution >= 4 is 17.8 Å². The molecule has 3 rings (SSSR count). The number of nitrogens with zero attached hydrogens (tertiary/aromatic N) is 3. The highest BCUT2D eigenvalue weighted by Gasteiger charge is 2.26. The summed E-state index contributed by atoms with van der Waals surface area (Å²) in [7, 11) is 1.90. The molecule has 1 fully saturated rings. The highest BCUT2D eigenvalue weighted by molar-refractivity contribution is 5.95. The third-order valence-corrected chi connectivity index (χ3v) is 4.81. The number of hydrogen-bond acceptors (Lipinski definition) is 6. The molecule has 2 aliphatic heterocycles. The average Bonchev–Trinajstić information content (AvgIpc) is 2.83. The fourth-order valence-electron chi connectivity index (χ4n) is 3.34. The summed E-state index contributed by atoms with van der Waals surface area (Å²) in [5.41, 5.74) is 1.73. The van der Waals surface area contributed by atoms with E-state index in [9.17, 15) is 14.4 Å². The van der Waals surface area contributed by atoms with Crippen molar-refractivity contribution in [3.63, 3.8) is 0 Å². The molecule has 1 aromatic rings. The number of pyridine rings is 1. The van der Waals surface area contributed by atoms with Gasteiger partial charge in [0.05, 0.1) is 24.5 Å². The summed E-state index contributed by atoms with van der Waals surface area (Å²) in [6.07, 6.45) is 4.91. The zero-order valence-corrected chi connectivity index (χ0v) is 16.5. The first-order chi connectivity index (χ1) is 13.9. The lowest BCUT2D eigenvalue weighted by Crippen LogP contribution is -2.38. The van der Waals surface area contributed by atoms with Crippen LogP contribution in [0, 0.1) is 5.92 Å². The second-order valence-electron chi connectivity index (χ2n) is 7.01. The molecule has 158 valence electrons. The first-order valence-corrected chi connectivity index (χ1v) is 9.50. The van der Waals surface area contributed by atoms with E-state index in [1.54, 1.807) is 6.20 Å². The van der Waals surface area contributed by atoms with Crippen molar-refractivity contribution in [3.05, 3.63) is 41.7 Å². The minimum Gasteiger partial charge on any atom is -0.478 e. The maximum absolute atomic E-state index is 12.3. The second kappa shape index (κ2) is 11.3. The third kappa shape index (κ3) is 7.63. The number of carbonyl (C=O) groups excluding carboxylic acids is 1. The molecule has 2 aliphatic rings. The van der Waals surface area contributed by atoms with Crippen LogP contribution >= 0.6 is 0 Å². The predicted octanol–water partition coefficient (Wildman–Crippen LogP) is 0.760. The highest BCUT2D eigenvalue weighted by Crippen LogP contribution is 2.22. The molecule has 0 radical (unpaired) electrons. The van der Waals surface area contributed by atoms with E-state index in [-0.39, 0.29) is 5.91 Å². The van der Waals surface area contributed by atoms with Crippen LogP contribution in [0.25, 0.3) is 0 Å². The average molecular weight is 405 g/mol. The van der Waals surface area contributed by atoms with Crippen molar-refractivity contribution in [3.8, 4) is 0 Å². The predicted molar refractivity (Wildman–Crippen MR) is 105 cm³/mol. The largest absolute Gasteiger partial charge is 0.478 e. The fourth-order valence-corrected chi connectivity index (χ4v) is 3.34. The minimum atomic E-state index is -1.26. The zero-order chi connectivity index (χ0) is 21.2. The highest BCUT2D eigenvalue weighted by atomic mass is 16.5. The number of carboxylic acids is 2. The molecular formula is C20H27N3O6. The Kier molecular flexibility index (Phi) is 8.75. The smallest absolute Gasteiger partial charge is 0.328 e. The SMILES string of the molecule is CN1CC(CCN2CCOCC2)Cc2ncccc2C1=O.O=C(O)/C=C/C(=O)O. The summed E-state index contributed by atoms with van der Waals surface area (Å²) in [5, 5.41) is 15.6. The number of aromatic nitrogens is 1. The Labute approximate surface area is 169 Å². The van der Waals surface area contributed by atoms with Gasteiger partial charge >= 0.3 is 11.9 Å². The van der Waals surface area contributed by atoms with Crippen molar-refractivity contribution in [2.24, 2.45) is 5.92 Å². The molecule has 0 spiro atoms. The Balaban J connectivity index is 0.000000321. The van der Waals surface area contributed by atoms with Gasteiger partial charge in [-0.05, 0) is 37.4 Å². The van der Waals surface area contributed by atoms with E-state index in [1.165, 1.54) is 0 Å². The van der Waals surface area contributed by atoms with E-state index < -0.39 is 11.9 Å². The Hall–Kier alpha value is -2.78. The molecule has 1 atom stereocenters. The van der Waals surface area contributed by atoms with E-state index in [2.05, 4.69) is 9.88 Å². The summed E-state index contributed by atoms with van der Waals surface area (Å²) in [4.78, 5) is 40.2. The number of morpholine rings is 1. The number of carbonyl (C=O) groups is 3. The molecule has 29 heavy (non-hydrogen) atoms. The van der Waals surface area contributed by atoms with Gasteiger partial charge in [0, 0.05) is 45.0 Å². The molecule has 0 saturated carbocycles. The molecule has 2 N–H and O–H groups in total. The zero-order valence-electron chi connectivity index (χ0n) is 16.5. The molecule has 1 amide bonds. The normalized spacial score (nSPS) is 19.8. The van der Waals surface area contributed by atoms with E-state index >= 15 is 0 Å². The Bertz CT molecular complexity index is 729. The molecule has 1 aromatic heterocycles. The van der Waals surface area contributed by atoms with Crippen molar-refractivity contribution in [2.45, 2.75) is 12.8 Å². The van der Waals surface area contributed by atoms with Gasteiger partial charge in [0.15, 0.2) is 0 Å². The first-order valence-electron chi connectivity index (χ1n) is 9.50. The van der Waals surface area contributed by atoms with Crippen LogP contribution in [0.4, 0.5) is 0 Å². The number of rotatable bonds is 5. The van der Waals surface area contributed by atoms with Crippen molar-refractivity contribution in [2.75, 3.05) is 46.4 Å². The van der Waals surface area contributed by atoms with Crippen molar-refractivity contribution in [1.82, 2.24) is 14.8 Å². The van der Waals surface area contributed by atoms with Gasteiger partial charge in [0.2, 0.25) is 0 Å². The lowest BCUT2D eigenvalue weighted by atomic mass is 9.98. The van der Waals surface area contributed by atoms with Gasteiger partial charge in [0.25, 0.3) is 5.91 Å². The van der Waals surface area contributed by atoms with Gasteiger partial charge in [-0.3, -0.25) is 14.7 Å². The molecule has 1 saturated heterocycles. The first kappa shape index (κ1) is 22.5. The molecule has 0 aliphatic carbocycles. The van der Waals surface area contributed by atoms with E-state index in [0.717, 1.165) is 63.5 Å². The minimum absolute atomic E-state index is 0.104. The van der Waals surface area contributed by atoms with Crippen LogP contribution in [0.2, 0.25) is 0 Å². The van der Waals surface area contributed by atoms with Crippen molar-refractivity contribution in [1.29, 1.82) is 0 Å². The molecule has 9 nitrogen and oxygen atoms in total. The number of aliphatic carboxylic acids is 2. The van der Waals surface area contributed by atoms with Crippen molar-refractivity contribution < 1.29 is 29.3 Å². The standard InChI is InChI=1S/C16H23N3O2.C4H4O4/c1-18-12-13(4-6-19-7-9-21-10-8-19)11-15-14(16(18)20)3-2-5-17-15;5-3(6)1-2-4(7)8/h2-3,5,13H,4,6-12H2,1H3;1-2H,(H,5,6)(H,7,8)/b;2-1+. The number of carboxylic acid groups (broad SMARTS) is 2. The summed E-state index contributed by atoms with van der Waals surface area (Å²) in [6, 6.07) is 3.74. The third-order valence-electron chi connectivity index (χ3n) is 4.81. The van der Waals surface area contributed by atoms with Gasteiger partial charge in [-0.25, -0.2) is 9.59 Å². The van der Waals surface area contributed by atoms with Crippen LogP contribution < -0.4 is 0 Å². The molecule has 0 bridgehead atoms. The molecule has 1 unspecified atom stereocenters. The number of ether oxygens (including phenoxy) is 1. The maximum atomic E-state index is 12.3. The van der Waals surface area contributed by atoms with E-state index in [1.807, 2.05) is 24.1 Å². The Morgan fingerprint density at radius 2 is 1.90 bits per heavy atom. The van der Waals surface area contributed by atoms with Gasteiger partial charge in [-0.1, -0.05) is 0 Å². The summed E-state index contributed by atoms with van der Waals surface area (Å²) >= 11 is 0. The quantitative estimate of drug-likeness (QED) is 0.689. The topological polar surface area (TPSA) is 120 Å². The van der Waals surface area contributed by atoms with Crippen LogP contribution in [-0.4, -0.2) is 89.3 Å². The van der Waals surface area contributed by atoms with Gasteiger partial charge in [-0.2, -0.15) is 0 Å². The lowest BCUT2D eigenvalue weighted by Gasteiger charge is -2.28. The van der Waals surface area contributed by atoms with E-state index in [0.29, 0.717) is 18.1 Å². The monoisotopic (exact) mass is 405 g/mol. The summed E-state index contributed by atoms with van der Waals surface area (Å²) in [5.74, 6) is -1.93. The fraction of sp³-hybridized carbons (Fsp3) is 0.500. The Morgan fingerprint density at radius 3 is 2.52 bits per heavy atom. The van der Waals surface area contributed by atoms with Crippen LogP contribution in [0.1, 0.15) is 22.5 Å². The summed E-state index contributed by atoms with van der Waals surface area (Å²) < 4.78 is 5.38.